The molecule has 0 bridgehead atoms. The average molecular weight is 285 g/mol. The van der Waals surface area contributed by atoms with Crippen molar-refractivity contribution in [1.29, 1.82) is 0 Å². The Hall–Kier alpha value is -2.36. The monoisotopic (exact) mass is 285 g/mol. The van der Waals surface area contributed by atoms with Crippen LogP contribution in [0, 0.1) is 12.7 Å². The van der Waals surface area contributed by atoms with Crippen LogP contribution in [0.15, 0.2) is 42.5 Å². The lowest BCUT2D eigenvalue weighted by Gasteiger charge is -2.28. The Balaban J connectivity index is 2.05. The molecule has 108 valence electrons. The third-order valence-corrected chi connectivity index (χ3v) is 4.06. The Morgan fingerprint density at radius 3 is 2.62 bits per heavy atom. The molecule has 1 aliphatic carbocycles. The highest BCUT2D eigenvalue weighted by atomic mass is 19.1. The number of anilines is 1. The van der Waals surface area contributed by atoms with Gasteiger partial charge in [0.25, 0.3) is 0 Å². The van der Waals surface area contributed by atoms with E-state index in [1.165, 1.54) is 12.1 Å². The summed E-state index contributed by atoms with van der Waals surface area (Å²) in [5, 5.41) is 12.9. The van der Waals surface area contributed by atoms with Gasteiger partial charge in [-0.3, -0.25) is 0 Å². The van der Waals surface area contributed by atoms with E-state index in [0.717, 1.165) is 23.1 Å². The predicted molar refractivity (Wildman–Crippen MR) is 78.8 cm³/mol. The molecule has 0 aromatic heterocycles. The van der Waals surface area contributed by atoms with Gasteiger partial charge < -0.3 is 10.4 Å². The number of aliphatic carboxylic acids is 1. The van der Waals surface area contributed by atoms with Crippen molar-refractivity contribution in [2.24, 2.45) is 0 Å². The van der Waals surface area contributed by atoms with Gasteiger partial charge in [-0.2, -0.15) is 0 Å². The molecule has 1 aliphatic rings. The minimum Gasteiger partial charge on any atom is -0.479 e. The molecule has 2 aromatic carbocycles. The van der Waals surface area contributed by atoms with E-state index in [0.29, 0.717) is 12.1 Å². The van der Waals surface area contributed by atoms with Crippen LogP contribution in [0.1, 0.15) is 23.1 Å². The Kier molecular flexibility index (Phi) is 3.16. The maximum atomic E-state index is 13.0. The van der Waals surface area contributed by atoms with Crippen LogP contribution in [0.3, 0.4) is 0 Å². The number of carboxylic acids is 1. The number of rotatable bonds is 3. The Labute approximate surface area is 122 Å². The van der Waals surface area contributed by atoms with Crippen LogP contribution >= 0.6 is 0 Å². The molecule has 21 heavy (non-hydrogen) atoms. The predicted octanol–water partition coefficient (Wildman–Crippen LogP) is 3.47. The third-order valence-electron chi connectivity index (χ3n) is 4.06. The largest absolute Gasteiger partial charge is 0.479 e. The molecule has 1 atom stereocenters. The van der Waals surface area contributed by atoms with Crippen molar-refractivity contribution in [3.63, 3.8) is 0 Å². The van der Waals surface area contributed by atoms with Gasteiger partial charge in [0.05, 0.1) is 0 Å². The Bertz CT molecular complexity index is 696. The van der Waals surface area contributed by atoms with E-state index in [1.54, 1.807) is 12.1 Å². The van der Waals surface area contributed by atoms with Gasteiger partial charge in [0.1, 0.15) is 5.82 Å². The summed E-state index contributed by atoms with van der Waals surface area (Å²) in [4.78, 5) is 11.9. The zero-order valence-electron chi connectivity index (χ0n) is 11.7. The molecule has 3 rings (SSSR count). The number of hydrogen-bond acceptors (Lipinski definition) is 2. The molecule has 4 heteroatoms. The molecule has 0 aliphatic heterocycles. The van der Waals surface area contributed by atoms with Crippen LogP contribution < -0.4 is 5.32 Å². The minimum absolute atomic E-state index is 0.340. The van der Waals surface area contributed by atoms with Crippen molar-refractivity contribution >= 4 is 11.7 Å². The second-order valence-corrected chi connectivity index (χ2v) is 5.50. The van der Waals surface area contributed by atoms with Gasteiger partial charge in [-0.15, -0.1) is 0 Å². The van der Waals surface area contributed by atoms with Crippen LogP contribution in [0.2, 0.25) is 0 Å². The fraction of sp³-hybridized carbons (Fsp3) is 0.235. The lowest BCUT2D eigenvalue weighted by molar-refractivity contribution is -0.142. The second kappa shape index (κ2) is 4.88. The first-order chi connectivity index (χ1) is 10.0. The van der Waals surface area contributed by atoms with Gasteiger partial charge in [0, 0.05) is 5.69 Å². The molecule has 2 aromatic rings. The number of fused-ring (bicyclic) bond motifs is 1. The van der Waals surface area contributed by atoms with E-state index in [2.05, 4.69) is 5.32 Å². The maximum Gasteiger partial charge on any atom is 0.334 e. The number of carboxylic acid groups (broad SMARTS) is 1. The summed E-state index contributed by atoms with van der Waals surface area (Å²) in [6.45, 7) is 1.95. The van der Waals surface area contributed by atoms with Gasteiger partial charge in [-0.05, 0) is 55.2 Å². The second-order valence-electron chi connectivity index (χ2n) is 5.50. The van der Waals surface area contributed by atoms with E-state index >= 15 is 0 Å². The van der Waals surface area contributed by atoms with Crippen LogP contribution in [0.4, 0.5) is 10.1 Å². The summed E-state index contributed by atoms with van der Waals surface area (Å²) in [5.41, 5.74) is 2.35. The number of benzene rings is 2. The molecule has 0 saturated carbocycles. The SMILES string of the molecule is Cc1ccc2c(c1)C(Nc1ccc(F)cc1)(C(=O)O)CC2. The molecular weight excluding hydrogens is 269 g/mol. The number of carbonyl (C=O) groups is 1. The molecule has 2 N–H and O–H groups in total. The highest BCUT2D eigenvalue weighted by molar-refractivity contribution is 5.86. The molecule has 0 radical (unpaired) electrons. The molecular formula is C17H16FNO2. The fourth-order valence-corrected chi connectivity index (χ4v) is 2.95. The van der Waals surface area contributed by atoms with Crippen LogP contribution in [0.5, 0.6) is 0 Å². The molecule has 3 nitrogen and oxygen atoms in total. The summed E-state index contributed by atoms with van der Waals surface area (Å²) in [6.07, 6.45) is 1.20. The van der Waals surface area contributed by atoms with Gasteiger partial charge in [0.2, 0.25) is 0 Å². The molecule has 0 heterocycles. The molecule has 0 saturated heterocycles. The summed E-state index contributed by atoms with van der Waals surface area (Å²) in [6, 6.07) is 11.7. The van der Waals surface area contributed by atoms with Crippen molar-refractivity contribution in [1.82, 2.24) is 0 Å². The lowest BCUT2D eigenvalue weighted by atomic mass is 9.90. The Morgan fingerprint density at radius 2 is 1.95 bits per heavy atom. The summed E-state index contributed by atoms with van der Waals surface area (Å²) < 4.78 is 13.0. The summed E-state index contributed by atoms with van der Waals surface area (Å²) in [7, 11) is 0. The van der Waals surface area contributed by atoms with Crippen LogP contribution in [-0.4, -0.2) is 11.1 Å². The number of halogens is 1. The van der Waals surface area contributed by atoms with Crippen molar-refractivity contribution < 1.29 is 14.3 Å². The zero-order chi connectivity index (χ0) is 15.0. The van der Waals surface area contributed by atoms with E-state index in [-0.39, 0.29) is 5.82 Å². The first-order valence-electron chi connectivity index (χ1n) is 6.88. The quantitative estimate of drug-likeness (QED) is 0.907. The average Bonchev–Trinajstić information content (AvgIpc) is 2.81. The molecule has 0 spiro atoms. The van der Waals surface area contributed by atoms with Crippen molar-refractivity contribution in [2.75, 3.05) is 5.32 Å². The van der Waals surface area contributed by atoms with E-state index in [4.69, 9.17) is 0 Å². The lowest BCUT2D eigenvalue weighted by Crippen LogP contribution is -2.41. The smallest absolute Gasteiger partial charge is 0.334 e. The highest BCUT2D eigenvalue weighted by Crippen LogP contribution is 2.40. The normalized spacial score (nSPS) is 20.1. The van der Waals surface area contributed by atoms with Gasteiger partial charge >= 0.3 is 5.97 Å². The van der Waals surface area contributed by atoms with Crippen molar-refractivity contribution in [3.8, 4) is 0 Å². The van der Waals surface area contributed by atoms with Gasteiger partial charge in [-0.1, -0.05) is 23.8 Å². The first-order valence-corrected chi connectivity index (χ1v) is 6.88. The molecule has 0 fully saturated rings. The number of aryl methyl sites for hydroxylation is 2. The molecule has 0 amide bonds. The van der Waals surface area contributed by atoms with E-state index in [9.17, 15) is 14.3 Å². The minimum atomic E-state index is -1.14. The fourth-order valence-electron chi connectivity index (χ4n) is 2.95. The summed E-state index contributed by atoms with van der Waals surface area (Å²) >= 11 is 0. The van der Waals surface area contributed by atoms with E-state index in [1.807, 2.05) is 25.1 Å². The van der Waals surface area contributed by atoms with Gasteiger partial charge in [-0.25, -0.2) is 9.18 Å². The Morgan fingerprint density at radius 1 is 1.24 bits per heavy atom. The van der Waals surface area contributed by atoms with E-state index < -0.39 is 11.5 Å². The van der Waals surface area contributed by atoms with Crippen LogP contribution in [0.25, 0.3) is 0 Å². The number of hydrogen-bond donors (Lipinski definition) is 2. The van der Waals surface area contributed by atoms with Crippen molar-refractivity contribution in [3.05, 3.63) is 65.0 Å². The first kappa shape index (κ1) is 13.6. The standard InChI is InChI=1S/C17H16FNO2/c1-11-2-3-12-8-9-17(16(20)21,15(12)10-11)19-14-6-4-13(18)5-7-14/h2-7,10,19H,8-9H2,1H3,(H,20,21). The third kappa shape index (κ3) is 2.27. The van der Waals surface area contributed by atoms with Crippen molar-refractivity contribution in [2.45, 2.75) is 25.3 Å². The summed E-state index contributed by atoms with van der Waals surface area (Å²) in [5.74, 6) is -1.25. The topological polar surface area (TPSA) is 49.3 Å². The zero-order valence-corrected chi connectivity index (χ0v) is 11.7. The van der Waals surface area contributed by atoms with Crippen LogP contribution in [-0.2, 0) is 16.8 Å². The molecule has 1 unspecified atom stereocenters. The maximum absolute atomic E-state index is 13.0. The van der Waals surface area contributed by atoms with Gasteiger partial charge in [0.15, 0.2) is 5.54 Å². The number of nitrogens with one attached hydrogen (secondary N) is 1. The highest BCUT2D eigenvalue weighted by Gasteiger charge is 2.45.